The molecule has 10 nitrogen and oxygen atoms in total. The monoisotopic (exact) mass is 490 g/mol. The van der Waals surface area contributed by atoms with Gasteiger partial charge in [-0.3, -0.25) is 23.3 Å². The molecule has 2 aromatic heterocycles. The molecule has 4 rings (SSSR count). The molecule has 0 aromatic carbocycles. The van der Waals surface area contributed by atoms with Crippen molar-refractivity contribution in [2.24, 2.45) is 5.92 Å². The molecule has 1 aliphatic carbocycles. The molecule has 0 bridgehead atoms. The second-order valence-corrected chi connectivity index (χ2v) is 9.75. The van der Waals surface area contributed by atoms with Crippen LogP contribution in [0.2, 0.25) is 0 Å². The zero-order chi connectivity index (χ0) is 25.2. The number of fused-ring (bicyclic) bond motifs is 1. The predicted molar refractivity (Wildman–Crippen MR) is 130 cm³/mol. The van der Waals surface area contributed by atoms with Crippen molar-refractivity contribution in [3.05, 3.63) is 26.7 Å². The molecule has 2 fully saturated rings. The number of rotatable bonds is 8. The molecule has 0 radical (unpaired) electrons. The van der Waals surface area contributed by atoms with Crippen molar-refractivity contribution in [2.45, 2.75) is 103 Å². The van der Waals surface area contributed by atoms with Gasteiger partial charge in [-0.1, -0.05) is 13.8 Å². The lowest BCUT2D eigenvalue weighted by Gasteiger charge is -2.36. The number of aliphatic hydroxyl groups is 1. The Morgan fingerprint density at radius 3 is 2.37 bits per heavy atom. The van der Waals surface area contributed by atoms with E-state index in [-0.39, 0.29) is 17.6 Å². The van der Waals surface area contributed by atoms with Crippen molar-refractivity contribution < 1.29 is 19.4 Å². The summed E-state index contributed by atoms with van der Waals surface area (Å²) in [4.78, 5) is 44.0. The normalized spacial score (nSPS) is 25.1. The van der Waals surface area contributed by atoms with Gasteiger partial charge in [-0.25, -0.2) is 9.78 Å². The maximum Gasteiger partial charge on any atom is 0.332 e. The lowest BCUT2D eigenvalue weighted by atomic mass is 9.78. The van der Waals surface area contributed by atoms with Crippen molar-refractivity contribution in [1.29, 1.82) is 0 Å². The van der Waals surface area contributed by atoms with E-state index in [2.05, 4.69) is 0 Å². The Hall–Kier alpha value is -2.46. The van der Waals surface area contributed by atoms with Gasteiger partial charge in [0, 0.05) is 19.7 Å². The van der Waals surface area contributed by atoms with E-state index in [4.69, 9.17) is 14.5 Å². The molecule has 10 heteroatoms. The zero-order valence-corrected chi connectivity index (χ0v) is 21.1. The van der Waals surface area contributed by atoms with Gasteiger partial charge in [-0.05, 0) is 64.7 Å². The van der Waals surface area contributed by atoms with Crippen LogP contribution in [0.25, 0.3) is 11.2 Å². The van der Waals surface area contributed by atoms with E-state index in [9.17, 15) is 19.5 Å². The molecule has 1 aliphatic heterocycles. The molecule has 0 spiro atoms. The Kier molecular flexibility index (Phi) is 7.80. The average molecular weight is 491 g/mol. The van der Waals surface area contributed by atoms with Crippen LogP contribution in [0.4, 0.5) is 0 Å². The minimum atomic E-state index is -1.34. The van der Waals surface area contributed by atoms with Crippen LogP contribution in [0.15, 0.2) is 9.59 Å². The van der Waals surface area contributed by atoms with Gasteiger partial charge in [0.2, 0.25) is 0 Å². The summed E-state index contributed by atoms with van der Waals surface area (Å²) >= 11 is 0. The highest BCUT2D eigenvalue weighted by molar-refractivity contribution is 5.73. The molecule has 35 heavy (non-hydrogen) atoms. The molecule has 2 aromatic rings. The third kappa shape index (κ3) is 4.70. The Morgan fingerprint density at radius 2 is 1.77 bits per heavy atom. The topological polar surface area (TPSA) is 118 Å². The molecule has 2 aliphatic rings. The molecule has 1 N–H and O–H groups in total. The maximum atomic E-state index is 13.7. The van der Waals surface area contributed by atoms with Gasteiger partial charge in [0.25, 0.3) is 5.56 Å². The van der Waals surface area contributed by atoms with Crippen LogP contribution in [-0.4, -0.2) is 43.0 Å². The van der Waals surface area contributed by atoms with Crippen molar-refractivity contribution in [3.8, 4) is 0 Å². The highest BCUT2D eigenvalue weighted by atomic mass is 16.5. The Bertz CT molecular complexity index is 1170. The van der Waals surface area contributed by atoms with E-state index < -0.39 is 17.4 Å². The minimum absolute atomic E-state index is 0.238. The van der Waals surface area contributed by atoms with Gasteiger partial charge < -0.3 is 14.6 Å². The zero-order valence-electron chi connectivity index (χ0n) is 21.1. The highest BCUT2D eigenvalue weighted by Crippen LogP contribution is 2.42. The second-order valence-electron chi connectivity index (χ2n) is 9.75. The molecule has 1 atom stereocenters. The summed E-state index contributed by atoms with van der Waals surface area (Å²) in [6, 6.07) is 0. The van der Waals surface area contributed by atoms with Crippen LogP contribution in [-0.2, 0) is 33.0 Å². The fourth-order valence-electron chi connectivity index (χ4n) is 5.46. The van der Waals surface area contributed by atoms with E-state index >= 15 is 0 Å². The Balaban J connectivity index is 1.89. The standard InChI is InChI=1S/C25H38N4O6/c1-4-14-27-20-19(21(30)28(15-5-2)24(27)32)29(18-9-7-8-16-35-18)23(26-20)25(33)12-10-17(11-13-25)22(31)34-6-3/h17-18,33H,4-16H2,1-3H3. The first-order chi connectivity index (χ1) is 16.9. The van der Waals surface area contributed by atoms with Crippen molar-refractivity contribution >= 4 is 17.1 Å². The van der Waals surface area contributed by atoms with Gasteiger partial charge in [0.05, 0.1) is 12.5 Å². The van der Waals surface area contributed by atoms with Gasteiger partial charge in [-0.15, -0.1) is 0 Å². The largest absolute Gasteiger partial charge is 0.466 e. The summed E-state index contributed by atoms with van der Waals surface area (Å²) < 4.78 is 15.9. The molecule has 0 amide bonds. The quantitative estimate of drug-likeness (QED) is 0.565. The number of aryl methyl sites for hydroxylation is 1. The molecule has 1 saturated carbocycles. The highest BCUT2D eigenvalue weighted by Gasteiger charge is 2.43. The molecule has 1 unspecified atom stereocenters. The van der Waals surface area contributed by atoms with E-state index in [0.29, 0.717) is 88.2 Å². The first kappa shape index (κ1) is 25.6. The Morgan fingerprint density at radius 1 is 1.09 bits per heavy atom. The SMILES string of the molecule is CCCn1c(=O)c2c(nc(C3(O)CCC(C(=O)OCC)CC3)n2C2CCCCO2)n(CCC)c1=O. The second kappa shape index (κ2) is 10.7. The first-order valence-electron chi connectivity index (χ1n) is 13.1. The molecular formula is C25H38N4O6. The lowest BCUT2D eigenvalue weighted by molar-refractivity contribution is -0.151. The number of hydrogen-bond donors (Lipinski definition) is 1. The van der Waals surface area contributed by atoms with Crippen LogP contribution >= 0.6 is 0 Å². The summed E-state index contributed by atoms with van der Waals surface area (Å²) in [7, 11) is 0. The number of esters is 1. The van der Waals surface area contributed by atoms with Gasteiger partial charge in [0.15, 0.2) is 11.2 Å². The van der Waals surface area contributed by atoms with Crippen molar-refractivity contribution in [3.63, 3.8) is 0 Å². The van der Waals surface area contributed by atoms with Crippen LogP contribution in [0.5, 0.6) is 0 Å². The number of carbonyl (C=O) groups excluding carboxylic acids is 1. The van der Waals surface area contributed by atoms with E-state index in [1.807, 2.05) is 13.8 Å². The van der Waals surface area contributed by atoms with E-state index in [0.717, 1.165) is 12.8 Å². The Labute approximate surface area is 204 Å². The van der Waals surface area contributed by atoms with Crippen molar-refractivity contribution in [1.82, 2.24) is 18.7 Å². The van der Waals surface area contributed by atoms with Gasteiger partial charge in [-0.2, -0.15) is 0 Å². The lowest BCUT2D eigenvalue weighted by Crippen LogP contribution is -2.41. The number of aromatic nitrogens is 4. The summed E-state index contributed by atoms with van der Waals surface area (Å²) in [6.45, 7) is 7.31. The number of hydrogen-bond acceptors (Lipinski definition) is 7. The first-order valence-corrected chi connectivity index (χ1v) is 13.1. The number of nitrogens with zero attached hydrogens (tertiary/aromatic N) is 4. The third-order valence-corrected chi connectivity index (χ3v) is 7.24. The minimum Gasteiger partial charge on any atom is -0.466 e. The fourth-order valence-corrected chi connectivity index (χ4v) is 5.46. The summed E-state index contributed by atoms with van der Waals surface area (Å²) in [5, 5.41) is 11.9. The summed E-state index contributed by atoms with van der Waals surface area (Å²) in [5.74, 6) is -0.144. The van der Waals surface area contributed by atoms with E-state index in [1.54, 1.807) is 16.1 Å². The number of imidazole rings is 1. The number of ether oxygens (including phenoxy) is 2. The average Bonchev–Trinajstić information content (AvgIpc) is 3.27. The fraction of sp³-hybridized carbons (Fsp3) is 0.760. The number of carbonyl (C=O) groups is 1. The van der Waals surface area contributed by atoms with Gasteiger partial charge >= 0.3 is 11.7 Å². The molecule has 1 saturated heterocycles. The van der Waals surface area contributed by atoms with Crippen LogP contribution in [0.1, 0.15) is 90.6 Å². The van der Waals surface area contributed by atoms with Crippen LogP contribution in [0, 0.1) is 5.92 Å². The van der Waals surface area contributed by atoms with E-state index in [1.165, 1.54) is 4.57 Å². The van der Waals surface area contributed by atoms with Crippen LogP contribution < -0.4 is 11.2 Å². The molecule has 194 valence electrons. The van der Waals surface area contributed by atoms with Crippen molar-refractivity contribution in [2.75, 3.05) is 13.2 Å². The molecular weight excluding hydrogens is 452 g/mol. The van der Waals surface area contributed by atoms with Gasteiger partial charge in [0.1, 0.15) is 17.7 Å². The maximum absolute atomic E-state index is 13.7. The molecule has 3 heterocycles. The smallest absolute Gasteiger partial charge is 0.332 e. The summed E-state index contributed by atoms with van der Waals surface area (Å²) in [6.07, 6.45) is 5.03. The predicted octanol–water partition coefficient (Wildman–Crippen LogP) is 2.82. The van der Waals surface area contributed by atoms with Crippen LogP contribution in [0.3, 0.4) is 0 Å². The third-order valence-electron chi connectivity index (χ3n) is 7.24. The summed E-state index contributed by atoms with van der Waals surface area (Å²) in [5.41, 5.74) is -1.48.